The van der Waals surface area contributed by atoms with Crippen molar-refractivity contribution in [3.63, 3.8) is 0 Å². The van der Waals surface area contributed by atoms with Crippen molar-refractivity contribution in [3.8, 4) is 11.5 Å². The molecule has 3 rings (SSSR count). The van der Waals surface area contributed by atoms with E-state index in [9.17, 15) is 0 Å². The molecule has 160 valence electrons. The molecule has 0 aromatic heterocycles. The number of benzene rings is 2. The highest BCUT2D eigenvalue weighted by Gasteiger charge is 2.25. The van der Waals surface area contributed by atoms with E-state index in [0.717, 1.165) is 44.2 Å². The highest BCUT2D eigenvalue weighted by atomic mass is 16.5. The van der Waals surface area contributed by atoms with Crippen molar-refractivity contribution >= 4 is 0 Å². The Morgan fingerprint density at radius 1 is 1.07 bits per heavy atom. The van der Waals surface area contributed by atoms with Crippen LogP contribution >= 0.6 is 0 Å². The van der Waals surface area contributed by atoms with Crippen molar-refractivity contribution in [2.24, 2.45) is 0 Å². The van der Waals surface area contributed by atoms with Crippen LogP contribution in [-0.2, 0) is 6.54 Å². The molecule has 1 aliphatic rings. The van der Waals surface area contributed by atoms with Crippen LogP contribution in [0.5, 0.6) is 11.5 Å². The molecule has 0 saturated heterocycles. The van der Waals surface area contributed by atoms with Crippen molar-refractivity contribution in [3.05, 3.63) is 59.2 Å². The third-order valence-electron chi connectivity index (χ3n) is 5.08. The summed E-state index contributed by atoms with van der Waals surface area (Å²) in [5.41, 5.74) is 4.10. The van der Waals surface area contributed by atoms with Gasteiger partial charge >= 0.3 is 0 Å². The molecule has 0 aliphatic carbocycles. The van der Waals surface area contributed by atoms with Gasteiger partial charge in [0.15, 0.2) is 0 Å². The number of hydrogen-bond acceptors (Lipinski definition) is 4. The van der Waals surface area contributed by atoms with E-state index in [4.69, 9.17) is 9.47 Å². The van der Waals surface area contributed by atoms with E-state index in [1.54, 1.807) is 7.11 Å². The van der Waals surface area contributed by atoms with E-state index in [1.807, 2.05) is 26.0 Å². The first-order chi connectivity index (χ1) is 14.1. The predicted octanol–water partition coefficient (Wildman–Crippen LogP) is 5.07. The highest BCUT2D eigenvalue weighted by molar-refractivity contribution is 5.45. The Morgan fingerprint density at radius 3 is 2.41 bits per heavy atom. The molecule has 0 amide bonds. The third-order valence-corrected chi connectivity index (χ3v) is 5.08. The molecule has 0 spiro atoms. The van der Waals surface area contributed by atoms with E-state index in [1.165, 1.54) is 16.7 Å². The lowest BCUT2D eigenvalue weighted by Crippen LogP contribution is -2.31. The predicted molar refractivity (Wildman–Crippen MR) is 122 cm³/mol. The molecule has 29 heavy (non-hydrogen) atoms. The second-order valence-electron chi connectivity index (χ2n) is 7.69. The average molecular weight is 399 g/mol. The molecule has 4 nitrogen and oxygen atoms in total. The maximum atomic E-state index is 5.99. The number of rotatable bonds is 8. The SMILES string of the molecule is CC.COc1ccc(C2CN(C)Cc3cc(OCCCNC(C)C)ccc32)cc1. The second-order valence-corrected chi connectivity index (χ2v) is 7.69. The van der Waals surface area contributed by atoms with E-state index in [-0.39, 0.29) is 0 Å². The van der Waals surface area contributed by atoms with Gasteiger partial charge in [-0.05, 0) is 61.0 Å². The van der Waals surface area contributed by atoms with Gasteiger partial charge in [-0.15, -0.1) is 0 Å². The number of nitrogens with one attached hydrogen (secondary N) is 1. The first-order valence-corrected chi connectivity index (χ1v) is 10.9. The summed E-state index contributed by atoms with van der Waals surface area (Å²) in [4.78, 5) is 2.38. The monoisotopic (exact) mass is 398 g/mol. The number of hydrogen-bond donors (Lipinski definition) is 1. The minimum absolute atomic E-state index is 0.383. The molecule has 4 heteroatoms. The number of fused-ring (bicyclic) bond motifs is 1. The first-order valence-electron chi connectivity index (χ1n) is 10.9. The zero-order valence-electron chi connectivity index (χ0n) is 19.0. The van der Waals surface area contributed by atoms with Crippen molar-refractivity contribution in [2.45, 2.75) is 52.6 Å². The second kappa shape index (κ2) is 11.8. The minimum atomic E-state index is 0.383. The molecule has 1 N–H and O–H groups in total. The molecule has 2 aromatic rings. The summed E-state index contributed by atoms with van der Waals surface area (Å²) in [7, 11) is 3.89. The summed E-state index contributed by atoms with van der Waals surface area (Å²) >= 11 is 0. The summed E-state index contributed by atoms with van der Waals surface area (Å²) in [6, 6.07) is 15.6. The van der Waals surface area contributed by atoms with Crippen LogP contribution in [0.2, 0.25) is 0 Å². The topological polar surface area (TPSA) is 33.7 Å². The van der Waals surface area contributed by atoms with Gasteiger partial charge in [-0.3, -0.25) is 0 Å². The summed E-state index contributed by atoms with van der Waals surface area (Å²) in [6.45, 7) is 12.1. The van der Waals surface area contributed by atoms with E-state index in [0.29, 0.717) is 12.0 Å². The van der Waals surface area contributed by atoms with Gasteiger partial charge in [-0.1, -0.05) is 45.9 Å². The van der Waals surface area contributed by atoms with Crippen molar-refractivity contribution in [1.82, 2.24) is 10.2 Å². The molecule has 0 bridgehead atoms. The van der Waals surface area contributed by atoms with Crippen molar-refractivity contribution in [2.75, 3.05) is 33.9 Å². The lowest BCUT2D eigenvalue weighted by molar-refractivity contribution is 0.288. The number of likely N-dealkylation sites (N-methyl/N-ethyl adjacent to an activating group) is 1. The van der Waals surface area contributed by atoms with Gasteiger partial charge in [0.2, 0.25) is 0 Å². The summed E-state index contributed by atoms with van der Waals surface area (Å²) in [5.74, 6) is 2.26. The first kappa shape index (κ1) is 23.2. The summed E-state index contributed by atoms with van der Waals surface area (Å²) in [5, 5.41) is 3.42. The van der Waals surface area contributed by atoms with Crippen molar-refractivity contribution in [1.29, 1.82) is 0 Å². The zero-order chi connectivity index (χ0) is 21.2. The van der Waals surface area contributed by atoms with Crippen molar-refractivity contribution < 1.29 is 9.47 Å². The van der Waals surface area contributed by atoms with Crippen LogP contribution in [0.25, 0.3) is 0 Å². The van der Waals surface area contributed by atoms with E-state index < -0.39 is 0 Å². The normalized spacial score (nSPS) is 16.0. The molecular weight excluding hydrogens is 360 g/mol. The maximum absolute atomic E-state index is 5.99. The van der Waals surface area contributed by atoms with Crippen LogP contribution in [0.4, 0.5) is 0 Å². The van der Waals surface area contributed by atoms with Crippen LogP contribution in [-0.4, -0.2) is 44.8 Å². The molecule has 1 heterocycles. The van der Waals surface area contributed by atoms with Gasteiger partial charge in [0.05, 0.1) is 13.7 Å². The van der Waals surface area contributed by atoms with E-state index >= 15 is 0 Å². The molecule has 0 radical (unpaired) electrons. The molecule has 1 aliphatic heterocycles. The number of nitrogens with zero attached hydrogens (tertiary/aromatic N) is 1. The molecular formula is C25H38N2O2. The Bertz CT molecular complexity index is 728. The Labute approximate surface area is 177 Å². The number of methoxy groups -OCH3 is 1. The number of ether oxygens (including phenoxy) is 2. The molecule has 1 unspecified atom stereocenters. The molecule has 2 aromatic carbocycles. The van der Waals surface area contributed by atoms with Crippen LogP contribution < -0.4 is 14.8 Å². The lowest BCUT2D eigenvalue weighted by Gasteiger charge is -2.33. The van der Waals surface area contributed by atoms with E-state index in [2.05, 4.69) is 61.4 Å². The largest absolute Gasteiger partial charge is 0.497 e. The Hall–Kier alpha value is -2.04. The average Bonchev–Trinajstić information content (AvgIpc) is 2.74. The quantitative estimate of drug-likeness (QED) is 0.630. The standard InChI is InChI=1S/C23H32N2O2.C2H6/c1-17(2)24-12-5-13-27-21-10-11-22-19(14-21)15-25(3)16-23(22)18-6-8-20(26-4)9-7-18;1-2/h6-11,14,17,23-24H,5,12-13,15-16H2,1-4H3;1-2H3. The third kappa shape index (κ3) is 6.76. The fourth-order valence-corrected chi connectivity index (χ4v) is 3.69. The molecule has 0 saturated carbocycles. The fourth-order valence-electron chi connectivity index (χ4n) is 3.69. The summed E-state index contributed by atoms with van der Waals surface area (Å²) < 4.78 is 11.3. The fraction of sp³-hybridized carbons (Fsp3) is 0.520. The van der Waals surface area contributed by atoms with Crippen LogP contribution in [0.15, 0.2) is 42.5 Å². The van der Waals surface area contributed by atoms with Gasteiger partial charge in [0, 0.05) is 25.0 Å². The Kier molecular flexibility index (Phi) is 9.49. The van der Waals surface area contributed by atoms with Crippen LogP contribution in [0, 0.1) is 0 Å². The van der Waals surface area contributed by atoms with Gasteiger partial charge in [0.25, 0.3) is 0 Å². The summed E-state index contributed by atoms with van der Waals surface area (Å²) in [6.07, 6.45) is 1.02. The van der Waals surface area contributed by atoms with Gasteiger partial charge in [-0.25, -0.2) is 0 Å². The minimum Gasteiger partial charge on any atom is -0.497 e. The molecule has 1 atom stereocenters. The lowest BCUT2D eigenvalue weighted by atomic mass is 9.84. The smallest absolute Gasteiger partial charge is 0.119 e. The Morgan fingerprint density at radius 2 is 1.76 bits per heavy atom. The van der Waals surface area contributed by atoms with Gasteiger partial charge in [-0.2, -0.15) is 0 Å². The van der Waals surface area contributed by atoms with Gasteiger partial charge < -0.3 is 19.7 Å². The maximum Gasteiger partial charge on any atom is 0.119 e. The van der Waals surface area contributed by atoms with Crippen LogP contribution in [0.1, 0.15) is 56.7 Å². The Balaban J connectivity index is 0.00000145. The highest BCUT2D eigenvalue weighted by Crippen LogP contribution is 2.35. The zero-order valence-corrected chi connectivity index (χ0v) is 19.0. The van der Waals surface area contributed by atoms with Gasteiger partial charge in [0.1, 0.15) is 11.5 Å². The molecule has 0 fully saturated rings. The van der Waals surface area contributed by atoms with Crippen LogP contribution in [0.3, 0.4) is 0 Å².